The van der Waals surface area contributed by atoms with E-state index >= 15 is 0 Å². The van der Waals surface area contributed by atoms with Crippen LogP contribution < -0.4 is 5.32 Å². The highest BCUT2D eigenvalue weighted by Gasteiger charge is 2.54. The fourth-order valence-electron chi connectivity index (χ4n) is 7.14. The van der Waals surface area contributed by atoms with Gasteiger partial charge in [0.05, 0.1) is 17.9 Å². The lowest BCUT2D eigenvalue weighted by Gasteiger charge is -2.55. The van der Waals surface area contributed by atoms with Crippen LogP contribution in [-0.2, 0) is 17.5 Å². The molecule has 1 amide bonds. The Kier molecular flexibility index (Phi) is 6.77. The average Bonchev–Trinajstić information content (AvgIpc) is 3.32. The van der Waals surface area contributed by atoms with Gasteiger partial charge in [-0.15, -0.1) is 10.2 Å². The minimum Gasteiger partial charge on any atom is -0.348 e. The van der Waals surface area contributed by atoms with Crippen molar-refractivity contribution in [3.05, 3.63) is 71.5 Å². The van der Waals surface area contributed by atoms with Gasteiger partial charge in [-0.25, -0.2) is 0 Å². The van der Waals surface area contributed by atoms with Crippen molar-refractivity contribution in [2.75, 3.05) is 5.75 Å². The van der Waals surface area contributed by atoms with Crippen molar-refractivity contribution in [2.45, 2.75) is 56.4 Å². The Morgan fingerprint density at radius 1 is 0.923 bits per heavy atom. The number of nitrogens with zero attached hydrogens (tertiary/aromatic N) is 3. The highest BCUT2D eigenvalue weighted by atomic mass is 32.2. The maximum atomic E-state index is 13.5. The van der Waals surface area contributed by atoms with E-state index in [9.17, 15) is 22.8 Å². The number of carbonyl (C=O) groups is 2. The summed E-state index contributed by atoms with van der Waals surface area (Å²) in [6.07, 6.45) is 2.03. The van der Waals surface area contributed by atoms with Gasteiger partial charge in [-0.3, -0.25) is 14.2 Å². The number of nitrogens with one attached hydrogen (secondary N) is 1. The summed E-state index contributed by atoms with van der Waals surface area (Å²) >= 11 is 1.16. The molecule has 1 aromatic heterocycles. The van der Waals surface area contributed by atoms with E-state index in [0.717, 1.165) is 43.2 Å². The molecule has 0 unspecified atom stereocenters. The Morgan fingerprint density at radius 2 is 1.54 bits per heavy atom. The quantitative estimate of drug-likeness (QED) is 0.269. The van der Waals surface area contributed by atoms with E-state index in [1.165, 1.54) is 31.4 Å². The van der Waals surface area contributed by atoms with Crippen molar-refractivity contribution in [3.8, 4) is 5.69 Å². The van der Waals surface area contributed by atoms with Gasteiger partial charge in [-0.05, 0) is 80.5 Å². The summed E-state index contributed by atoms with van der Waals surface area (Å²) in [6.45, 7) is 0.0990. The molecule has 0 atom stereocenters. The summed E-state index contributed by atoms with van der Waals surface area (Å²) in [5.74, 6) is 2.32. The van der Waals surface area contributed by atoms with Crippen molar-refractivity contribution in [2.24, 2.45) is 23.2 Å². The Labute approximate surface area is 228 Å². The minimum absolute atomic E-state index is 0.0389. The monoisotopic (exact) mass is 554 g/mol. The van der Waals surface area contributed by atoms with Gasteiger partial charge in [0.25, 0.3) is 0 Å². The number of rotatable bonds is 8. The molecule has 4 saturated carbocycles. The normalized spacial score (nSPS) is 25.6. The molecule has 0 aliphatic heterocycles. The number of carbonyl (C=O) groups excluding carboxylic acids is 2. The Bertz CT molecular complexity index is 1340. The van der Waals surface area contributed by atoms with Crippen molar-refractivity contribution in [3.63, 3.8) is 0 Å². The van der Waals surface area contributed by atoms with E-state index in [1.54, 1.807) is 28.8 Å². The largest absolute Gasteiger partial charge is 0.416 e. The van der Waals surface area contributed by atoms with Crippen molar-refractivity contribution in [1.82, 2.24) is 20.1 Å². The van der Waals surface area contributed by atoms with E-state index < -0.39 is 11.7 Å². The minimum atomic E-state index is -4.46. The van der Waals surface area contributed by atoms with Gasteiger partial charge in [0.15, 0.2) is 16.8 Å². The molecule has 2 aromatic carbocycles. The molecule has 4 aliphatic rings. The predicted molar refractivity (Wildman–Crippen MR) is 140 cm³/mol. The van der Waals surface area contributed by atoms with Crippen LogP contribution in [0.1, 0.15) is 60.3 Å². The molecular formula is C29H29F3N4O2S. The maximum Gasteiger partial charge on any atom is 0.416 e. The zero-order valence-electron chi connectivity index (χ0n) is 21.3. The predicted octanol–water partition coefficient (Wildman–Crippen LogP) is 6.09. The topological polar surface area (TPSA) is 76.9 Å². The highest BCUT2D eigenvalue weighted by Crippen LogP contribution is 2.60. The maximum absolute atomic E-state index is 13.5. The number of hydrogen-bond donors (Lipinski definition) is 1. The fourth-order valence-corrected chi connectivity index (χ4v) is 8.01. The second-order valence-electron chi connectivity index (χ2n) is 11.2. The van der Waals surface area contributed by atoms with Crippen molar-refractivity contribution < 1.29 is 22.8 Å². The van der Waals surface area contributed by atoms with Gasteiger partial charge in [-0.2, -0.15) is 13.2 Å². The third-order valence-electron chi connectivity index (χ3n) is 8.51. The number of benzene rings is 2. The van der Waals surface area contributed by atoms with Gasteiger partial charge in [0.2, 0.25) is 5.91 Å². The molecule has 204 valence electrons. The lowest BCUT2D eigenvalue weighted by Crippen LogP contribution is -2.53. The van der Waals surface area contributed by atoms with E-state index in [2.05, 4.69) is 15.5 Å². The summed E-state index contributed by atoms with van der Waals surface area (Å²) in [4.78, 5) is 26.2. The molecule has 0 radical (unpaired) electrons. The van der Waals surface area contributed by atoms with Crippen LogP contribution in [0.15, 0.2) is 59.8 Å². The Hall–Kier alpha value is -3.14. The standard InChI is InChI=1S/C29H29F3N4O2S/c30-29(31,32)22-6-8-23(9-7-22)36-25(34-35-27(36)39-17-24(37)21-4-2-1-3-5-21)16-33-26(38)28-13-18-10-19(14-28)12-20(11-18)15-28/h1-9,18-20H,10-17H2,(H,33,38). The number of alkyl halides is 3. The molecule has 6 nitrogen and oxygen atoms in total. The number of Topliss-reactive ketones (excluding diaryl/α,β-unsaturated/α-hetero) is 1. The van der Waals surface area contributed by atoms with Crippen molar-refractivity contribution >= 4 is 23.5 Å². The third-order valence-corrected chi connectivity index (χ3v) is 9.44. The molecular weight excluding hydrogens is 525 g/mol. The number of ketones is 1. The molecule has 1 N–H and O–H groups in total. The first-order valence-corrected chi connectivity index (χ1v) is 14.3. The lowest BCUT2D eigenvalue weighted by atomic mass is 9.49. The summed E-state index contributed by atoms with van der Waals surface area (Å²) < 4.78 is 41.2. The van der Waals surface area contributed by atoms with E-state index in [0.29, 0.717) is 40.0 Å². The molecule has 7 rings (SSSR count). The van der Waals surface area contributed by atoms with Crippen LogP contribution in [0.4, 0.5) is 13.2 Å². The van der Waals surface area contributed by atoms with Crippen LogP contribution >= 0.6 is 11.8 Å². The van der Waals surface area contributed by atoms with Crippen LogP contribution in [0.5, 0.6) is 0 Å². The molecule has 4 bridgehead atoms. The molecule has 4 aliphatic carbocycles. The molecule has 3 aromatic rings. The number of thioether (sulfide) groups is 1. The zero-order valence-corrected chi connectivity index (χ0v) is 22.1. The summed E-state index contributed by atoms with van der Waals surface area (Å²) in [6, 6.07) is 13.6. The highest BCUT2D eigenvalue weighted by molar-refractivity contribution is 7.99. The molecule has 0 spiro atoms. The van der Waals surface area contributed by atoms with Crippen LogP contribution in [0.3, 0.4) is 0 Å². The third kappa shape index (κ3) is 5.23. The van der Waals surface area contributed by atoms with Gasteiger partial charge in [0, 0.05) is 16.7 Å². The zero-order chi connectivity index (χ0) is 27.2. The molecule has 39 heavy (non-hydrogen) atoms. The lowest BCUT2D eigenvalue weighted by molar-refractivity contribution is -0.146. The van der Waals surface area contributed by atoms with E-state index in [1.807, 2.05) is 6.07 Å². The fraction of sp³-hybridized carbons (Fsp3) is 0.448. The van der Waals surface area contributed by atoms with Crippen LogP contribution in [-0.4, -0.2) is 32.2 Å². The second kappa shape index (κ2) is 10.1. The molecule has 4 fully saturated rings. The first-order valence-electron chi connectivity index (χ1n) is 13.3. The molecule has 0 saturated heterocycles. The van der Waals surface area contributed by atoms with Crippen molar-refractivity contribution in [1.29, 1.82) is 0 Å². The summed E-state index contributed by atoms with van der Waals surface area (Å²) in [5, 5.41) is 12.0. The Balaban J connectivity index is 1.23. The smallest absolute Gasteiger partial charge is 0.348 e. The van der Waals surface area contributed by atoms with Crippen LogP contribution in [0, 0.1) is 23.2 Å². The van der Waals surface area contributed by atoms with Crippen LogP contribution in [0.2, 0.25) is 0 Å². The molecule has 1 heterocycles. The number of halogens is 3. The van der Waals surface area contributed by atoms with Crippen LogP contribution in [0.25, 0.3) is 5.69 Å². The number of aromatic nitrogens is 3. The molecule has 10 heteroatoms. The van der Waals surface area contributed by atoms with Gasteiger partial charge >= 0.3 is 6.18 Å². The first kappa shape index (κ1) is 26.1. The van der Waals surface area contributed by atoms with Gasteiger partial charge in [0.1, 0.15) is 0 Å². The summed E-state index contributed by atoms with van der Waals surface area (Å²) in [5.41, 5.74) is -0.0898. The summed E-state index contributed by atoms with van der Waals surface area (Å²) in [7, 11) is 0. The SMILES string of the molecule is O=C(CSc1nnc(CNC(=O)C23CC4CC(CC(C4)C2)C3)n1-c1ccc(C(F)(F)F)cc1)c1ccccc1. The first-order chi connectivity index (χ1) is 18.7. The van der Waals surface area contributed by atoms with E-state index in [-0.39, 0.29) is 29.4 Å². The second-order valence-corrected chi connectivity index (χ2v) is 12.2. The number of hydrogen-bond acceptors (Lipinski definition) is 5. The van der Waals surface area contributed by atoms with E-state index in [4.69, 9.17) is 0 Å². The average molecular weight is 555 g/mol. The number of amides is 1. The van der Waals surface area contributed by atoms with Gasteiger partial charge in [-0.1, -0.05) is 42.1 Å². The Morgan fingerprint density at radius 3 is 2.13 bits per heavy atom. The van der Waals surface area contributed by atoms with Gasteiger partial charge < -0.3 is 5.32 Å².